The third-order valence-corrected chi connectivity index (χ3v) is 3.11. The van der Waals surface area contributed by atoms with Crippen LogP contribution in [-0.4, -0.2) is 32.3 Å². The summed E-state index contributed by atoms with van der Waals surface area (Å²) in [4.78, 5) is 15.7. The molecule has 0 spiro atoms. The number of aromatic nitrogens is 3. The van der Waals surface area contributed by atoms with E-state index in [0.717, 1.165) is 15.7 Å². The smallest absolute Gasteiger partial charge is 0.325 e. The van der Waals surface area contributed by atoms with Crippen molar-refractivity contribution in [3.8, 4) is 0 Å². The van der Waals surface area contributed by atoms with E-state index in [-0.39, 0.29) is 0 Å². The molecule has 1 aromatic carbocycles. The number of anilines is 1. The van der Waals surface area contributed by atoms with E-state index in [1.54, 1.807) is 6.92 Å². The van der Waals surface area contributed by atoms with Gasteiger partial charge < -0.3 is 10.4 Å². The molecular weight excluding hydrogens is 252 g/mol. The van der Waals surface area contributed by atoms with Crippen LogP contribution in [0.15, 0.2) is 40.6 Å². The molecule has 0 aliphatic heterocycles. The van der Waals surface area contributed by atoms with Crippen LogP contribution >= 0.6 is 11.8 Å². The number of carboxylic acids is 1. The summed E-state index contributed by atoms with van der Waals surface area (Å²) in [6.45, 7) is 1.60. The van der Waals surface area contributed by atoms with E-state index in [9.17, 15) is 4.79 Å². The topological polar surface area (TPSA) is 90.9 Å². The number of hydrogen-bond acceptors (Lipinski definition) is 5. The summed E-state index contributed by atoms with van der Waals surface area (Å²) in [5.41, 5.74) is 0.770. The summed E-state index contributed by atoms with van der Waals surface area (Å²) in [6, 6.07) is 6.84. The van der Waals surface area contributed by atoms with E-state index in [0.29, 0.717) is 0 Å². The standard InChI is InChI=1S/C11H12N4O2S/c1-7(10(16)17)14-8-2-4-9(5-3-8)18-11-12-6-13-15-11/h2-7,14H,1H3,(H,16,17)(H,12,13,15). The van der Waals surface area contributed by atoms with Crippen molar-refractivity contribution in [3.63, 3.8) is 0 Å². The first-order valence-electron chi connectivity index (χ1n) is 5.28. The molecule has 2 rings (SSSR count). The molecule has 0 fully saturated rings. The van der Waals surface area contributed by atoms with Crippen LogP contribution in [0.3, 0.4) is 0 Å². The van der Waals surface area contributed by atoms with Crippen molar-refractivity contribution in [1.82, 2.24) is 15.2 Å². The van der Waals surface area contributed by atoms with E-state index in [2.05, 4.69) is 20.5 Å². The molecule has 7 heteroatoms. The van der Waals surface area contributed by atoms with Crippen LogP contribution in [0.5, 0.6) is 0 Å². The fourth-order valence-electron chi connectivity index (χ4n) is 1.29. The molecule has 1 unspecified atom stereocenters. The van der Waals surface area contributed by atoms with Crippen molar-refractivity contribution < 1.29 is 9.90 Å². The van der Waals surface area contributed by atoms with Gasteiger partial charge in [-0.1, -0.05) is 11.8 Å². The van der Waals surface area contributed by atoms with Crippen molar-refractivity contribution >= 4 is 23.4 Å². The van der Waals surface area contributed by atoms with E-state index >= 15 is 0 Å². The fourth-order valence-corrected chi connectivity index (χ4v) is 1.98. The van der Waals surface area contributed by atoms with Crippen LogP contribution < -0.4 is 5.32 Å². The third-order valence-electron chi connectivity index (χ3n) is 2.22. The van der Waals surface area contributed by atoms with E-state index in [4.69, 9.17) is 5.11 Å². The molecule has 1 atom stereocenters. The summed E-state index contributed by atoms with van der Waals surface area (Å²) in [6.07, 6.45) is 1.45. The van der Waals surface area contributed by atoms with Gasteiger partial charge in [-0.2, -0.15) is 5.10 Å². The highest BCUT2D eigenvalue weighted by atomic mass is 32.2. The SMILES string of the molecule is CC(Nc1ccc(Sc2ncn[nH]2)cc1)C(=O)O. The van der Waals surface area contributed by atoms with Crippen LogP contribution in [0.25, 0.3) is 0 Å². The zero-order valence-corrected chi connectivity index (χ0v) is 10.4. The van der Waals surface area contributed by atoms with Gasteiger partial charge in [0.2, 0.25) is 0 Å². The molecule has 0 saturated carbocycles. The Kier molecular flexibility index (Phi) is 3.83. The second-order valence-corrected chi connectivity index (χ2v) is 4.68. The largest absolute Gasteiger partial charge is 0.480 e. The highest BCUT2D eigenvalue weighted by Crippen LogP contribution is 2.25. The van der Waals surface area contributed by atoms with Gasteiger partial charge in [0.1, 0.15) is 12.4 Å². The highest BCUT2D eigenvalue weighted by molar-refractivity contribution is 7.99. The average molecular weight is 264 g/mol. The van der Waals surface area contributed by atoms with Crippen LogP contribution in [0, 0.1) is 0 Å². The second-order valence-electron chi connectivity index (χ2n) is 3.62. The van der Waals surface area contributed by atoms with Crippen LogP contribution in [0.1, 0.15) is 6.92 Å². The van der Waals surface area contributed by atoms with E-state index in [1.807, 2.05) is 24.3 Å². The van der Waals surface area contributed by atoms with Gasteiger partial charge in [0.25, 0.3) is 0 Å². The number of aliphatic carboxylic acids is 1. The Bertz CT molecular complexity index is 512. The van der Waals surface area contributed by atoms with Gasteiger partial charge >= 0.3 is 5.97 Å². The molecule has 1 heterocycles. The Morgan fingerprint density at radius 3 is 2.72 bits per heavy atom. The van der Waals surface area contributed by atoms with Gasteiger partial charge in [0, 0.05) is 10.6 Å². The molecule has 2 aromatic rings. The Morgan fingerprint density at radius 2 is 2.17 bits per heavy atom. The molecule has 3 N–H and O–H groups in total. The Hall–Kier alpha value is -2.02. The van der Waals surface area contributed by atoms with Gasteiger partial charge in [-0.05, 0) is 31.2 Å². The molecule has 0 saturated heterocycles. The molecule has 0 aliphatic rings. The first-order chi connectivity index (χ1) is 8.65. The molecule has 1 aromatic heterocycles. The van der Waals surface area contributed by atoms with Crippen LogP contribution in [-0.2, 0) is 4.79 Å². The number of H-pyrrole nitrogens is 1. The first kappa shape index (κ1) is 12.4. The summed E-state index contributed by atoms with van der Waals surface area (Å²) < 4.78 is 0. The number of hydrogen-bond donors (Lipinski definition) is 3. The van der Waals surface area contributed by atoms with Gasteiger partial charge in [0.05, 0.1) is 0 Å². The lowest BCUT2D eigenvalue weighted by atomic mass is 10.2. The number of nitrogens with one attached hydrogen (secondary N) is 2. The third kappa shape index (κ3) is 3.24. The van der Waals surface area contributed by atoms with Crippen molar-refractivity contribution in [3.05, 3.63) is 30.6 Å². The Balaban J connectivity index is 1.99. The maximum Gasteiger partial charge on any atom is 0.325 e. The second kappa shape index (κ2) is 5.54. The lowest BCUT2D eigenvalue weighted by Crippen LogP contribution is -2.25. The normalized spacial score (nSPS) is 12.1. The number of carbonyl (C=O) groups is 1. The lowest BCUT2D eigenvalue weighted by Gasteiger charge is -2.10. The molecule has 18 heavy (non-hydrogen) atoms. The predicted molar refractivity (Wildman–Crippen MR) is 67.7 cm³/mol. The van der Waals surface area contributed by atoms with E-state index in [1.165, 1.54) is 18.1 Å². The molecule has 6 nitrogen and oxygen atoms in total. The summed E-state index contributed by atoms with van der Waals surface area (Å²) >= 11 is 1.45. The molecule has 94 valence electrons. The van der Waals surface area contributed by atoms with Crippen molar-refractivity contribution in [2.24, 2.45) is 0 Å². The minimum absolute atomic E-state index is 0.613. The number of nitrogens with zero attached hydrogens (tertiary/aromatic N) is 2. The first-order valence-corrected chi connectivity index (χ1v) is 6.09. The van der Waals surface area contributed by atoms with Gasteiger partial charge in [-0.3, -0.25) is 9.89 Å². The van der Waals surface area contributed by atoms with Crippen LogP contribution in [0.2, 0.25) is 0 Å². The zero-order valence-electron chi connectivity index (χ0n) is 9.62. The molecular formula is C11H12N4O2S. The predicted octanol–water partition coefficient (Wildman–Crippen LogP) is 1.84. The van der Waals surface area contributed by atoms with Crippen molar-refractivity contribution in [1.29, 1.82) is 0 Å². The minimum Gasteiger partial charge on any atom is -0.480 e. The average Bonchev–Trinajstić information content (AvgIpc) is 2.84. The maximum atomic E-state index is 10.7. The summed E-state index contributed by atoms with van der Waals surface area (Å²) in [5, 5.41) is 18.9. The van der Waals surface area contributed by atoms with Crippen molar-refractivity contribution in [2.45, 2.75) is 23.0 Å². The fraction of sp³-hybridized carbons (Fsp3) is 0.182. The molecule has 0 bridgehead atoms. The Morgan fingerprint density at radius 1 is 1.44 bits per heavy atom. The lowest BCUT2D eigenvalue weighted by molar-refractivity contribution is -0.137. The summed E-state index contributed by atoms with van der Waals surface area (Å²) in [5.74, 6) is -0.880. The molecule has 0 amide bonds. The monoisotopic (exact) mass is 264 g/mol. The molecule has 0 aliphatic carbocycles. The zero-order chi connectivity index (χ0) is 13.0. The Labute approximate surface area is 108 Å². The van der Waals surface area contributed by atoms with Gasteiger partial charge in [-0.25, -0.2) is 4.98 Å². The van der Waals surface area contributed by atoms with Crippen LogP contribution in [0.4, 0.5) is 5.69 Å². The summed E-state index contributed by atoms with van der Waals surface area (Å²) in [7, 11) is 0. The number of carboxylic acid groups (broad SMARTS) is 1. The van der Waals surface area contributed by atoms with Gasteiger partial charge in [-0.15, -0.1) is 0 Å². The number of benzene rings is 1. The van der Waals surface area contributed by atoms with E-state index < -0.39 is 12.0 Å². The van der Waals surface area contributed by atoms with Gasteiger partial charge in [0.15, 0.2) is 5.16 Å². The minimum atomic E-state index is -0.880. The number of aromatic amines is 1. The molecule has 0 radical (unpaired) electrons. The van der Waals surface area contributed by atoms with Crippen molar-refractivity contribution in [2.75, 3.05) is 5.32 Å². The maximum absolute atomic E-state index is 10.7. The number of rotatable bonds is 5. The highest BCUT2D eigenvalue weighted by Gasteiger charge is 2.09. The quantitative estimate of drug-likeness (QED) is 0.763.